The summed E-state index contributed by atoms with van der Waals surface area (Å²) in [6, 6.07) is 5.17. The predicted molar refractivity (Wildman–Crippen MR) is 119 cm³/mol. The Hall–Kier alpha value is -1.60. The van der Waals surface area contributed by atoms with Crippen molar-refractivity contribution in [2.75, 3.05) is 44.2 Å². The third kappa shape index (κ3) is 3.86. The Bertz CT molecular complexity index is 875. The van der Waals surface area contributed by atoms with Gasteiger partial charge in [-0.05, 0) is 62.1 Å². The van der Waals surface area contributed by atoms with Crippen LogP contribution < -0.4 is 4.90 Å². The molecule has 0 atom stereocenters. The fourth-order valence-electron chi connectivity index (χ4n) is 5.32. The molecular formula is C23H35N3O3S. The van der Waals surface area contributed by atoms with Crippen LogP contribution in [-0.2, 0) is 10.0 Å². The van der Waals surface area contributed by atoms with Gasteiger partial charge in [0, 0.05) is 45.0 Å². The van der Waals surface area contributed by atoms with Crippen LogP contribution in [0.2, 0.25) is 0 Å². The molecule has 3 fully saturated rings. The molecule has 1 aromatic rings. The van der Waals surface area contributed by atoms with Gasteiger partial charge in [0.05, 0.1) is 10.5 Å². The average molecular weight is 434 g/mol. The van der Waals surface area contributed by atoms with Crippen molar-refractivity contribution in [1.82, 2.24) is 9.21 Å². The summed E-state index contributed by atoms with van der Waals surface area (Å²) in [5, 5.41) is 0. The maximum absolute atomic E-state index is 13.6. The second-order valence-electron chi connectivity index (χ2n) is 9.11. The number of carbonyl (C=O) groups excluding carboxylic acids is 1. The van der Waals surface area contributed by atoms with Gasteiger partial charge in [-0.2, -0.15) is 4.31 Å². The lowest BCUT2D eigenvalue weighted by molar-refractivity contribution is 0.0287. The first-order valence-electron chi connectivity index (χ1n) is 11.6. The number of hydrogen-bond donors (Lipinski definition) is 0. The van der Waals surface area contributed by atoms with Crippen LogP contribution in [-0.4, -0.2) is 62.8 Å². The maximum atomic E-state index is 13.6. The Morgan fingerprint density at radius 1 is 0.967 bits per heavy atom. The number of amides is 1. The van der Waals surface area contributed by atoms with Gasteiger partial charge >= 0.3 is 0 Å². The van der Waals surface area contributed by atoms with Crippen LogP contribution in [0.3, 0.4) is 0 Å². The van der Waals surface area contributed by atoms with Crippen LogP contribution >= 0.6 is 0 Å². The highest BCUT2D eigenvalue weighted by Crippen LogP contribution is 2.49. The number of hydrogen-bond acceptors (Lipinski definition) is 4. The largest absolute Gasteiger partial charge is 0.371 e. The van der Waals surface area contributed by atoms with Gasteiger partial charge in [-0.15, -0.1) is 0 Å². The number of sulfonamides is 1. The van der Waals surface area contributed by atoms with E-state index in [0.29, 0.717) is 24.1 Å². The van der Waals surface area contributed by atoms with Crippen LogP contribution in [0.5, 0.6) is 0 Å². The number of carbonyl (C=O) groups is 1. The van der Waals surface area contributed by atoms with Gasteiger partial charge < -0.3 is 9.80 Å². The second kappa shape index (κ2) is 8.50. The smallest absolute Gasteiger partial charge is 0.256 e. The summed E-state index contributed by atoms with van der Waals surface area (Å²) in [7, 11) is -3.60. The lowest BCUT2D eigenvalue weighted by atomic mass is 9.63. The molecule has 0 unspecified atom stereocenters. The molecule has 1 aliphatic carbocycles. The SMILES string of the molecule is CCN(CC)S(=O)(=O)c1ccc(N2CCCC2)c(C(=O)N2CCC3(CCC3)CC2)c1. The Balaban J connectivity index is 1.65. The fraction of sp³-hybridized carbons (Fsp3) is 0.696. The van der Waals surface area contributed by atoms with E-state index in [9.17, 15) is 13.2 Å². The van der Waals surface area contributed by atoms with E-state index < -0.39 is 10.0 Å². The lowest BCUT2D eigenvalue weighted by Crippen LogP contribution is -2.46. The average Bonchev–Trinajstić information content (AvgIpc) is 3.27. The standard InChI is InChI=1S/C23H35N3O3S/c1-3-26(4-2)30(28,29)19-8-9-21(24-14-5-6-15-24)20(18-19)22(27)25-16-12-23(13-17-25)10-7-11-23/h8-9,18H,3-7,10-17H2,1-2H3. The summed E-state index contributed by atoms with van der Waals surface area (Å²) in [6.07, 6.45) is 8.29. The minimum Gasteiger partial charge on any atom is -0.371 e. The van der Waals surface area contributed by atoms with Gasteiger partial charge in [-0.3, -0.25) is 4.79 Å². The molecular weight excluding hydrogens is 398 g/mol. The molecule has 0 aromatic heterocycles. The first-order valence-corrected chi connectivity index (χ1v) is 13.0. The number of likely N-dealkylation sites (tertiary alicyclic amines) is 1. The highest BCUT2D eigenvalue weighted by atomic mass is 32.2. The molecule has 1 aromatic carbocycles. The van der Waals surface area contributed by atoms with E-state index in [1.54, 1.807) is 12.1 Å². The van der Waals surface area contributed by atoms with Gasteiger partial charge in [0.1, 0.15) is 0 Å². The van der Waals surface area contributed by atoms with Crippen LogP contribution in [0, 0.1) is 5.41 Å². The normalized spacial score (nSPS) is 21.3. The molecule has 1 amide bonds. The van der Waals surface area contributed by atoms with E-state index in [1.807, 2.05) is 24.8 Å². The van der Waals surface area contributed by atoms with Crippen LogP contribution in [0.1, 0.15) is 69.2 Å². The minimum absolute atomic E-state index is 0.0114. The van der Waals surface area contributed by atoms with Gasteiger partial charge in [-0.25, -0.2) is 8.42 Å². The fourth-order valence-corrected chi connectivity index (χ4v) is 6.81. The van der Waals surface area contributed by atoms with E-state index in [4.69, 9.17) is 0 Å². The summed E-state index contributed by atoms with van der Waals surface area (Å²) < 4.78 is 27.6. The molecule has 2 aliphatic heterocycles. The predicted octanol–water partition coefficient (Wildman–Crippen LogP) is 3.72. The number of anilines is 1. The van der Waals surface area contributed by atoms with E-state index in [-0.39, 0.29) is 10.8 Å². The van der Waals surface area contributed by atoms with Crippen molar-refractivity contribution in [3.05, 3.63) is 23.8 Å². The molecule has 30 heavy (non-hydrogen) atoms. The molecule has 1 saturated carbocycles. The van der Waals surface area contributed by atoms with Gasteiger partial charge in [0.2, 0.25) is 10.0 Å². The second-order valence-corrected chi connectivity index (χ2v) is 11.0. The number of nitrogens with zero attached hydrogens (tertiary/aromatic N) is 3. The molecule has 2 saturated heterocycles. The van der Waals surface area contributed by atoms with Crippen molar-refractivity contribution in [2.24, 2.45) is 5.41 Å². The summed E-state index contributed by atoms with van der Waals surface area (Å²) in [4.78, 5) is 18.0. The summed E-state index contributed by atoms with van der Waals surface area (Å²) in [5.74, 6) is -0.0114. The van der Waals surface area contributed by atoms with Crippen molar-refractivity contribution in [3.63, 3.8) is 0 Å². The molecule has 3 aliphatic rings. The molecule has 0 radical (unpaired) electrons. The quantitative estimate of drug-likeness (QED) is 0.686. The van der Waals surface area contributed by atoms with Gasteiger partial charge in [0.15, 0.2) is 0 Å². The molecule has 6 nitrogen and oxygen atoms in total. The third-order valence-electron chi connectivity index (χ3n) is 7.51. The van der Waals surface area contributed by atoms with Gasteiger partial charge in [0.25, 0.3) is 5.91 Å². The van der Waals surface area contributed by atoms with E-state index in [0.717, 1.165) is 57.5 Å². The van der Waals surface area contributed by atoms with Crippen molar-refractivity contribution < 1.29 is 13.2 Å². The third-order valence-corrected chi connectivity index (χ3v) is 9.56. The molecule has 0 bridgehead atoms. The zero-order chi connectivity index (χ0) is 21.4. The Morgan fingerprint density at radius 2 is 1.60 bits per heavy atom. The Labute approximate surface area is 181 Å². The molecule has 7 heteroatoms. The lowest BCUT2D eigenvalue weighted by Gasteiger charge is -2.48. The number of benzene rings is 1. The van der Waals surface area contributed by atoms with E-state index >= 15 is 0 Å². The number of piperidine rings is 1. The van der Waals surface area contributed by atoms with Crippen LogP contribution in [0.25, 0.3) is 0 Å². The number of rotatable bonds is 6. The van der Waals surface area contributed by atoms with Crippen LogP contribution in [0.4, 0.5) is 5.69 Å². The molecule has 4 rings (SSSR count). The summed E-state index contributed by atoms with van der Waals surface area (Å²) >= 11 is 0. The maximum Gasteiger partial charge on any atom is 0.256 e. The monoisotopic (exact) mass is 433 g/mol. The Kier molecular flexibility index (Phi) is 6.13. The van der Waals surface area contributed by atoms with Crippen LogP contribution in [0.15, 0.2) is 23.1 Å². The van der Waals surface area contributed by atoms with E-state index in [1.165, 1.54) is 23.6 Å². The highest BCUT2D eigenvalue weighted by Gasteiger charge is 2.41. The molecule has 1 spiro atoms. The van der Waals surface area contributed by atoms with Crippen molar-refractivity contribution in [2.45, 2.75) is 63.7 Å². The zero-order valence-electron chi connectivity index (χ0n) is 18.4. The Morgan fingerprint density at radius 3 is 2.13 bits per heavy atom. The summed E-state index contributed by atoms with van der Waals surface area (Å²) in [6.45, 7) is 7.94. The van der Waals surface area contributed by atoms with Gasteiger partial charge in [-0.1, -0.05) is 20.3 Å². The topological polar surface area (TPSA) is 60.9 Å². The van der Waals surface area contributed by atoms with E-state index in [2.05, 4.69) is 4.90 Å². The summed E-state index contributed by atoms with van der Waals surface area (Å²) in [5.41, 5.74) is 1.91. The molecule has 2 heterocycles. The van der Waals surface area contributed by atoms with Crippen molar-refractivity contribution >= 4 is 21.6 Å². The molecule has 0 N–H and O–H groups in total. The highest BCUT2D eigenvalue weighted by molar-refractivity contribution is 7.89. The molecule has 166 valence electrons. The first-order chi connectivity index (χ1) is 14.4. The van der Waals surface area contributed by atoms with Crippen molar-refractivity contribution in [1.29, 1.82) is 0 Å². The zero-order valence-corrected chi connectivity index (χ0v) is 19.2. The minimum atomic E-state index is -3.60. The first kappa shape index (κ1) is 21.6. The van der Waals surface area contributed by atoms with Crippen molar-refractivity contribution in [3.8, 4) is 0 Å².